The van der Waals surface area contributed by atoms with Crippen molar-refractivity contribution in [2.24, 2.45) is 0 Å². The Morgan fingerprint density at radius 1 is 1.02 bits per heavy atom. The van der Waals surface area contributed by atoms with Gasteiger partial charge in [0.15, 0.2) is 0 Å². The van der Waals surface area contributed by atoms with Crippen LogP contribution in [0, 0.1) is 12.7 Å². The third-order valence-corrected chi connectivity index (χ3v) is 7.27. The molecule has 3 aromatic heterocycles. The number of amides is 2. The lowest BCUT2D eigenvalue weighted by molar-refractivity contribution is -0.117. The van der Waals surface area contributed by atoms with Crippen LogP contribution in [0.4, 0.5) is 10.1 Å². The lowest BCUT2D eigenvalue weighted by atomic mass is 10.1. The van der Waals surface area contributed by atoms with E-state index in [-0.39, 0.29) is 29.9 Å². The van der Waals surface area contributed by atoms with Gasteiger partial charge in [0, 0.05) is 30.4 Å². The van der Waals surface area contributed by atoms with Crippen molar-refractivity contribution in [2.75, 3.05) is 19.4 Å². The van der Waals surface area contributed by atoms with Crippen LogP contribution in [0.15, 0.2) is 84.0 Å². The molecule has 42 heavy (non-hydrogen) atoms. The number of likely N-dealkylation sites (N-methyl/N-ethyl adjacent to an activating group) is 1. The van der Waals surface area contributed by atoms with Crippen molar-refractivity contribution in [1.29, 1.82) is 0 Å². The number of nitrogens with zero attached hydrogens (tertiary/aromatic N) is 3. The van der Waals surface area contributed by atoms with Gasteiger partial charge in [0.25, 0.3) is 11.5 Å². The number of anilines is 1. The molecule has 0 unspecified atom stereocenters. The molecule has 2 amide bonds. The van der Waals surface area contributed by atoms with Crippen LogP contribution in [0.25, 0.3) is 27.8 Å². The van der Waals surface area contributed by atoms with Crippen molar-refractivity contribution in [3.8, 4) is 16.9 Å². The molecule has 0 aliphatic carbocycles. The highest BCUT2D eigenvalue weighted by molar-refractivity contribution is 5.96. The number of aryl methyl sites for hydroxylation is 1. The quantitative estimate of drug-likeness (QED) is 0.260. The standard InChI is InChI=1S/C32H31FN6O3/c1-19-17-38(29-10-8-24(33)14-26(19)29)25-12-21(15-36-16-25)18-39-28(22-6-5-7-23(13-22)31(41)35-4)11-9-27(32(39)42)37-30(40)20(2)34-3/h5-17,20,34H,18H2,1-4H3,(H,35,41)(H,37,40)/t20-/m0/s1. The van der Waals surface area contributed by atoms with Crippen molar-refractivity contribution in [2.45, 2.75) is 26.4 Å². The fraction of sp³-hybridized carbons (Fsp3) is 0.188. The Kier molecular flexibility index (Phi) is 7.99. The van der Waals surface area contributed by atoms with Crippen LogP contribution in [0.3, 0.4) is 0 Å². The number of rotatable bonds is 8. The number of hydrogen-bond donors (Lipinski definition) is 3. The van der Waals surface area contributed by atoms with Gasteiger partial charge in [-0.3, -0.25) is 19.4 Å². The van der Waals surface area contributed by atoms with E-state index in [0.29, 0.717) is 16.8 Å². The summed E-state index contributed by atoms with van der Waals surface area (Å²) in [7, 11) is 3.22. The lowest BCUT2D eigenvalue weighted by Gasteiger charge is -2.17. The maximum atomic E-state index is 13.9. The fourth-order valence-electron chi connectivity index (χ4n) is 4.87. The molecule has 9 nitrogen and oxygen atoms in total. The van der Waals surface area contributed by atoms with Gasteiger partial charge in [0.05, 0.1) is 35.7 Å². The first-order valence-electron chi connectivity index (χ1n) is 13.5. The van der Waals surface area contributed by atoms with Crippen molar-refractivity contribution < 1.29 is 14.0 Å². The minimum Gasteiger partial charge on any atom is -0.355 e. The van der Waals surface area contributed by atoms with Gasteiger partial charge >= 0.3 is 0 Å². The van der Waals surface area contributed by atoms with E-state index in [1.807, 2.05) is 29.8 Å². The summed E-state index contributed by atoms with van der Waals surface area (Å²) in [4.78, 5) is 43.2. The summed E-state index contributed by atoms with van der Waals surface area (Å²) in [5.74, 6) is -0.897. The molecule has 5 aromatic rings. The fourth-order valence-corrected chi connectivity index (χ4v) is 4.87. The van der Waals surface area contributed by atoms with Crippen molar-refractivity contribution in [3.05, 3.63) is 112 Å². The average molecular weight is 567 g/mol. The SMILES string of the molecule is CNC(=O)c1cccc(-c2ccc(NC(=O)[C@H](C)NC)c(=O)n2Cc2cncc(-n3cc(C)c4cc(F)ccc43)c2)c1. The molecule has 5 rings (SSSR count). The Balaban J connectivity index is 1.60. The van der Waals surface area contributed by atoms with E-state index in [4.69, 9.17) is 0 Å². The van der Waals surface area contributed by atoms with Crippen LogP contribution in [-0.2, 0) is 11.3 Å². The van der Waals surface area contributed by atoms with Gasteiger partial charge in [-0.2, -0.15) is 0 Å². The predicted octanol–water partition coefficient (Wildman–Crippen LogP) is 4.26. The normalized spacial score (nSPS) is 11.8. The van der Waals surface area contributed by atoms with Crippen molar-refractivity contribution in [1.82, 2.24) is 24.8 Å². The van der Waals surface area contributed by atoms with E-state index in [9.17, 15) is 18.8 Å². The molecule has 0 spiro atoms. The number of aromatic nitrogens is 3. The molecule has 1 atom stereocenters. The summed E-state index contributed by atoms with van der Waals surface area (Å²) in [6, 6.07) is 16.4. The summed E-state index contributed by atoms with van der Waals surface area (Å²) in [6.45, 7) is 3.76. The van der Waals surface area contributed by atoms with E-state index in [2.05, 4.69) is 20.9 Å². The summed E-state index contributed by atoms with van der Waals surface area (Å²) in [5, 5.41) is 9.01. The number of hydrogen-bond acceptors (Lipinski definition) is 5. The van der Waals surface area contributed by atoms with Gasteiger partial charge in [-0.1, -0.05) is 12.1 Å². The second-order valence-electron chi connectivity index (χ2n) is 10.1. The van der Waals surface area contributed by atoms with Gasteiger partial charge in [0.2, 0.25) is 5.91 Å². The highest BCUT2D eigenvalue weighted by atomic mass is 19.1. The van der Waals surface area contributed by atoms with E-state index >= 15 is 0 Å². The molecule has 0 radical (unpaired) electrons. The first-order chi connectivity index (χ1) is 20.2. The number of carbonyl (C=O) groups excluding carboxylic acids is 2. The van der Waals surface area contributed by atoms with Crippen LogP contribution in [0.5, 0.6) is 0 Å². The van der Waals surface area contributed by atoms with E-state index < -0.39 is 11.6 Å². The van der Waals surface area contributed by atoms with Crippen molar-refractivity contribution in [3.63, 3.8) is 0 Å². The Morgan fingerprint density at radius 2 is 1.83 bits per heavy atom. The van der Waals surface area contributed by atoms with Gasteiger partial charge in [-0.05, 0) is 86.1 Å². The Morgan fingerprint density at radius 3 is 2.60 bits per heavy atom. The van der Waals surface area contributed by atoms with Crippen LogP contribution < -0.4 is 21.5 Å². The molecular formula is C32H31FN6O3. The van der Waals surface area contributed by atoms with Crippen LogP contribution in [-0.4, -0.2) is 46.1 Å². The molecule has 0 fully saturated rings. The maximum Gasteiger partial charge on any atom is 0.275 e. The molecule has 214 valence electrons. The largest absolute Gasteiger partial charge is 0.355 e. The monoisotopic (exact) mass is 566 g/mol. The maximum absolute atomic E-state index is 13.9. The zero-order chi connectivity index (χ0) is 30.0. The van der Waals surface area contributed by atoms with Crippen molar-refractivity contribution >= 4 is 28.4 Å². The summed E-state index contributed by atoms with van der Waals surface area (Å²) in [5.41, 5.74) is 4.63. The predicted molar refractivity (Wildman–Crippen MR) is 162 cm³/mol. The zero-order valence-corrected chi connectivity index (χ0v) is 23.7. The third kappa shape index (κ3) is 5.57. The van der Waals surface area contributed by atoms with Gasteiger partial charge in [-0.25, -0.2) is 4.39 Å². The molecular weight excluding hydrogens is 535 g/mol. The molecule has 10 heteroatoms. The zero-order valence-electron chi connectivity index (χ0n) is 23.7. The second-order valence-corrected chi connectivity index (χ2v) is 10.1. The molecule has 3 N–H and O–H groups in total. The number of nitrogens with one attached hydrogen (secondary N) is 3. The third-order valence-electron chi connectivity index (χ3n) is 7.27. The molecule has 2 aromatic carbocycles. The molecule has 0 aliphatic rings. The van der Waals surface area contributed by atoms with Gasteiger partial charge < -0.3 is 25.1 Å². The average Bonchev–Trinajstić information content (AvgIpc) is 3.33. The minimum atomic E-state index is -0.504. The number of carbonyl (C=O) groups is 2. The molecule has 3 heterocycles. The number of fused-ring (bicyclic) bond motifs is 1. The van der Waals surface area contributed by atoms with Crippen LogP contribution >= 0.6 is 0 Å². The van der Waals surface area contributed by atoms with Crippen LogP contribution in [0.2, 0.25) is 0 Å². The topological polar surface area (TPSA) is 110 Å². The highest BCUT2D eigenvalue weighted by Crippen LogP contribution is 2.26. The molecule has 0 saturated carbocycles. The second kappa shape index (κ2) is 11.8. The van der Waals surface area contributed by atoms with Gasteiger partial charge in [-0.15, -0.1) is 0 Å². The van der Waals surface area contributed by atoms with E-state index in [1.54, 1.807) is 74.4 Å². The number of halogens is 1. The van der Waals surface area contributed by atoms with E-state index in [1.165, 1.54) is 12.1 Å². The Bertz CT molecular complexity index is 1880. The first-order valence-corrected chi connectivity index (χ1v) is 13.5. The summed E-state index contributed by atoms with van der Waals surface area (Å²) >= 11 is 0. The Hall–Kier alpha value is -5.09. The smallest absolute Gasteiger partial charge is 0.275 e. The highest BCUT2D eigenvalue weighted by Gasteiger charge is 2.17. The Labute approximate surface area is 242 Å². The van der Waals surface area contributed by atoms with Crippen LogP contribution in [0.1, 0.15) is 28.4 Å². The molecule has 0 bridgehead atoms. The lowest BCUT2D eigenvalue weighted by Crippen LogP contribution is -2.37. The number of pyridine rings is 2. The first kappa shape index (κ1) is 28.4. The van der Waals surface area contributed by atoms with E-state index in [0.717, 1.165) is 27.7 Å². The van der Waals surface area contributed by atoms with Gasteiger partial charge in [0.1, 0.15) is 11.5 Å². The molecule has 0 aliphatic heterocycles. The minimum absolute atomic E-state index is 0.131. The molecule has 0 saturated heterocycles. The summed E-state index contributed by atoms with van der Waals surface area (Å²) < 4.78 is 17.4. The summed E-state index contributed by atoms with van der Waals surface area (Å²) in [6.07, 6.45) is 5.30. The number of benzene rings is 2.